The van der Waals surface area contributed by atoms with Crippen LogP contribution in [0.15, 0.2) is 8.14 Å². The van der Waals surface area contributed by atoms with E-state index in [1.54, 1.807) is 6.92 Å². The van der Waals surface area contributed by atoms with Crippen molar-refractivity contribution >= 4 is 43.8 Å². The highest BCUT2D eigenvalue weighted by molar-refractivity contribution is 14.2. The molecule has 0 bridgehead atoms. The van der Waals surface area contributed by atoms with Gasteiger partial charge in [-0.2, -0.15) is 0 Å². The van der Waals surface area contributed by atoms with Crippen molar-refractivity contribution in [2.75, 3.05) is 4.93 Å². The number of nitrogens with zero attached hydrogens (tertiary/aromatic N) is 2. The van der Waals surface area contributed by atoms with Crippen LogP contribution in [0.4, 0.5) is 0 Å². The molecule has 0 rings (SSSR count). The topological polar surface area (TPSA) is 48.6 Å². The number of hydrogen-bond acceptors (Lipinski definition) is 1. The average molecular weight is 259 g/mol. The third kappa shape index (κ3) is 6.04. The number of alkyl halides is 1. The maximum atomic E-state index is 6.73. The fourth-order valence-corrected chi connectivity index (χ4v) is 1.21. The molecule has 0 aliphatic carbocycles. The molecule has 0 heterocycles. The van der Waals surface area contributed by atoms with Crippen LogP contribution in [-0.4, -0.2) is 16.1 Å². The monoisotopic (exact) mass is 259 g/mol. The van der Waals surface area contributed by atoms with E-state index in [4.69, 9.17) is 17.0 Å². The van der Waals surface area contributed by atoms with Gasteiger partial charge in [0.2, 0.25) is 5.29 Å². The predicted octanol–water partition coefficient (Wildman–Crippen LogP) is 2.36. The van der Waals surface area contributed by atoms with Crippen LogP contribution in [-0.2, 0) is 0 Å². The quantitative estimate of drug-likeness (QED) is 0.228. The van der Waals surface area contributed by atoms with Crippen molar-refractivity contribution in [3.63, 3.8) is 0 Å². The second-order valence-corrected chi connectivity index (χ2v) is 3.01. The molecule has 0 saturated heterocycles. The molecule has 0 aromatic heterocycles. The van der Waals surface area contributed by atoms with E-state index in [-0.39, 0.29) is 26.3 Å². The molecule has 0 unspecified atom stereocenters. The van der Waals surface area contributed by atoms with Crippen LogP contribution in [0.25, 0.3) is 0 Å². The number of amidine groups is 2. The third-order valence-corrected chi connectivity index (χ3v) is 1.73. The first kappa shape index (κ1) is 9.16. The molecule has 0 aliphatic rings. The zero-order valence-corrected chi connectivity index (χ0v) is 8.06. The van der Waals surface area contributed by atoms with Gasteiger partial charge in [0, 0.05) is 4.93 Å². The number of rotatable bonds is 0. The molecule has 0 amide bonds. The summed E-state index contributed by atoms with van der Waals surface area (Å²) in [7, 11) is 0. The van der Waals surface area contributed by atoms with E-state index in [0.29, 0.717) is 5.84 Å². The minimum absolute atomic E-state index is 0.126. The minimum Gasteiger partial charge on any atom is -0.272 e. The Morgan fingerprint density at radius 2 is 2.22 bits per heavy atom. The molecule has 1 N–H and O–H groups in total. The Labute approximate surface area is 69.2 Å². The largest absolute Gasteiger partial charge is 0.272 e. The van der Waals surface area contributed by atoms with E-state index in [1.165, 1.54) is 0 Å². The summed E-state index contributed by atoms with van der Waals surface area (Å²) in [4.78, 5) is 5.60. The summed E-state index contributed by atoms with van der Waals surface area (Å²) in [5, 5.41) is 6.53. The van der Waals surface area contributed by atoms with Gasteiger partial charge >= 0.3 is 0 Å². The molecule has 0 fully saturated rings. The van der Waals surface area contributed by atoms with Crippen LogP contribution >= 0.6 is 32.6 Å². The number of aliphatic imine (C=N–C) groups is 1. The molecule has 0 aromatic rings. The molecule has 3 nitrogen and oxygen atoms in total. The lowest BCUT2D eigenvalue weighted by Gasteiger charge is -1.84. The molecule has 0 aliphatic heterocycles. The normalized spacial score (nSPS) is 13.4. The van der Waals surface area contributed by atoms with Crippen LogP contribution < -0.4 is 0 Å². The first-order chi connectivity index (χ1) is 4.16. The lowest BCUT2D eigenvalue weighted by atomic mass is 10.7. The SMILES string of the molecule is CI=NC(C)=NC(=N)Cl. The Morgan fingerprint density at radius 1 is 1.67 bits per heavy atom. The molecular weight excluding hydrogens is 252 g/mol. The summed E-state index contributed by atoms with van der Waals surface area (Å²) >= 11 is 5.03. The standard InChI is InChI=1S/C4H7ClIN3/c1-3(9-6-2)8-4(5)7/h7H,1-2H3. The molecule has 0 aromatic carbocycles. The first-order valence-corrected chi connectivity index (χ1v) is 5.66. The van der Waals surface area contributed by atoms with Gasteiger partial charge in [-0.25, -0.2) is 8.14 Å². The third-order valence-electron chi connectivity index (χ3n) is 0.467. The zero-order chi connectivity index (χ0) is 7.28. The van der Waals surface area contributed by atoms with Gasteiger partial charge < -0.3 is 0 Å². The molecule has 0 spiro atoms. The highest BCUT2D eigenvalue weighted by atomic mass is 127. The van der Waals surface area contributed by atoms with E-state index in [9.17, 15) is 0 Å². The van der Waals surface area contributed by atoms with Crippen LogP contribution in [0.1, 0.15) is 6.92 Å². The van der Waals surface area contributed by atoms with Gasteiger partial charge in [0.05, 0.1) is 0 Å². The van der Waals surface area contributed by atoms with Crippen LogP contribution in [0.2, 0.25) is 0 Å². The second kappa shape index (κ2) is 4.99. The second-order valence-electron chi connectivity index (χ2n) is 1.20. The van der Waals surface area contributed by atoms with Gasteiger partial charge in [-0.1, -0.05) is 0 Å². The van der Waals surface area contributed by atoms with E-state index in [2.05, 4.69) is 8.14 Å². The van der Waals surface area contributed by atoms with Crippen molar-refractivity contribution < 1.29 is 0 Å². The maximum absolute atomic E-state index is 6.73. The number of hydrogen-bond donors (Lipinski definition) is 1. The fourth-order valence-electron chi connectivity index (χ4n) is 0.283. The summed E-state index contributed by atoms with van der Waals surface area (Å²) in [5.41, 5.74) is 0. The first-order valence-electron chi connectivity index (χ1n) is 2.16. The van der Waals surface area contributed by atoms with E-state index in [1.807, 2.05) is 4.93 Å². The van der Waals surface area contributed by atoms with Crippen molar-refractivity contribution in [3.05, 3.63) is 0 Å². The zero-order valence-electron chi connectivity index (χ0n) is 5.15. The van der Waals surface area contributed by atoms with Crippen molar-refractivity contribution in [2.24, 2.45) is 8.14 Å². The Hall–Kier alpha value is 0.160. The summed E-state index contributed by atoms with van der Waals surface area (Å²) in [6.45, 7) is 1.74. The van der Waals surface area contributed by atoms with Crippen molar-refractivity contribution in [1.82, 2.24) is 0 Å². The molecule has 0 radical (unpaired) electrons. The van der Waals surface area contributed by atoms with Gasteiger partial charge in [-0.15, -0.1) is 0 Å². The number of halogens is 2. The molecular formula is C4H7ClIN3. The Kier molecular flexibility index (Phi) is 5.07. The lowest BCUT2D eigenvalue weighted by Crippen LogP contribution is -1.85. The van der Waals surface area contributed by atoms with Gasteiger partial charge in [-0.3, -0.25) is 5.41 Å². The van der Waals surface area contributed by atoms with Crippen LogP contribution in [0.3, 0.4) is 0 Å². The minimum atomic E-state index is -0.200. The van der Waals surface area contributed by atoms with E-state index in [0.717, 1.165) is 0 Å². The van der Waals surface area contributed by atoms with E-state index >= 15 is 0 Å². The Balaban J connectivity index is 4.00. The van der Waals surface area contributed by atoms with Gasteiger partial charge in [-0.05, 0) is 39.6 Å². The van der Waals surface area contributed by atoms with Gasteiger partial charge in [0.1, 0.15) is 5.84 Å². The molecule has 0 atom stereocenters. The van der Waals surface area contributed by atoms with Gasteiger partial charge in [0.15, 0.2) is 0 Å². The van der Waals surface area contributed by atoms with Crippen LogP contribution in [0, 0.1) is 5.41 Å². The van der Waals surface area contributed by atoms with E-state index < -0.39 is 0 Å². The summed E-state index contributed by atoms with van der Waals surface area (Å²) in [6, 6.07) is 0. The van der Waals surface area contributed by atoms with Gasteiger partial charge in [0.25, 0.3) is 0 Å². The Morgan fingerprint density at radius 3 is 2.56 bits per heavy atom. The van der Waals surface area contributed by atoms with Crippen molar-refractivity contribution in [2.45, 2.75) is 6.92 Å². The highest BCUT2D eigenvalue weighted by Crippen LogP contribution is 1.95. The predicted molar refractivity (Wildman–Crippen MR) is 49.1 cm³/mol. The fraction of sp³-hybridized carbons (Fsp3) is 0.500. The molecule has 0 saturated carbocycles. The van der Waals surface area contributed by atoms with Crippen molar-refractivity contribution in [3.8, 4) is 0 Å². The summed E-state index contributed by atoms with van der Waals surface area (Å²) < 4.78 is 4.00. The smallest absolute Gasteiger partial charge is 0.216 e. The average Bonchev–Trinajstić information content (AvgIpc) is 1.63. The van der Waals surface area contributed by atoms with Crippen molar-refractivity contribution in [1.29, 1.82) is 5.41 Å². The summed E-state index contributed by atoms with van der Waals surface area (Å²) in [5.74, 6) is 0.602. The summed E-state index contributed by atoms with van der Waals surface area (Å²) in [6.07, 6.45) is 0. The highest BCUT2D eigenvalue weighted by Gasteiger charge is 1.85. The Bertz CT molecular complexity index is 163. The maximum Gasteiger partial charge on any atom is 0.216 e. The molecule has 52 valence electrons. The van der Waals surface area contributed by atoms with Crippen LogP contribution in [0.5, 0.6) is 0 Å². The number of nitrogens with one attached hydrogen (secondary N) is 1. The molecule has 9 heavy (non-hydrogen) atoms. The molecule has 5 heteroatoms. The lowest BCUT2D eigenvalue weighted by molar-refractivity contribution is 1.47.